The molecule has 0 radical (unpaired) electrons. The molecular formula is C18H28N4O5S2. The van der Waals surface area contributed by atoms with Gasteiger partial charge in [-0.2, -0.15) is 13.9 Å². The van der Waals surface area contributed by atoms with E-state index in [1.165, 1.54) is 10.4 Å². The van der Waals surface area contributed by atoms with E-state index in [-0.39, 0.29) is 36.8 Å². The van der Waals surface area contributed by atoms with Crippen molar-refractivity contribution in [3.63, 3.8) is 0 Å². The highest BCUT2D eigenvalue weighted by atomic mass is 32.2. The Morgan fingerprint density at radius 3 is 1.72 bits per heavy atom. The molecule has 1 aromatic rings. The maximum atomic E-state index is 13.2. The first-order valence-corrected chi connectivity index (χ1v) is 12.2. The molecule has 0 unspecified atom stereocenters. The van der Waals surface area contributed by atoms with Gasteiger partial charge in [0.2, 0.25) is 26.0 Å². The second-order valence-electron chi connectivity index (χ2n) is 6.18. The van der Waals surface area contributed by atoms with Crippen LogP contribution in [-0.4, -0.2) is 57.5 Å². The number of carbonyl (C=O) groups excluding carboxylic acids is 1. The molecule has 9 nitrogen and oxygen atoms in total. The van der Waals surface area contributed by atoms with Gasteiger partial charge >= 0.3 is 0 Å². The molecule has 1 aromatic carbocycles. The van der Waals surface area contributed by atoms with Crippen LogP contribution in [0.1, 0.15) is 39.7 Å². The Bertz CT molecular complexity index is 990. The van der Waals surface area contributed by atoms with Crippen molar-refractivity contribution in [2.45, 2.75) is 50.8 Å². The van der Waals surface area contributed by atoms with Crippen LogP contribution >= 0.6 is 0 Å². The zero-order chi connectivity index (χ0) is 22.4. The fraction of sp³-hybridized carbons (Fsp3) is 0.556. The van der Waals surface area contributed by atoms with Gasteiger partial charge in [0.15, 0.2) is 0 Å². The van der Waals surface area contributed by atoms with Crippen LogP contribution in [-0.2, 0) is 24.8 Å². The largest absolute Gasteiger partial charge is 0.325 e. The first-order valence-electron chi connectivity index (χ1n) is 9.32. The van der Waals surface area contributed by atoms with Gasteiger partial charge in [-0.1, -0.05) is 27.7 Å². The smallest absolute Gasteiger partial charge is 0.244 e. The molecule has 0 fully saturated rings. The van der Waals surface area contributed by atoms with Crippen LogP contribution in [0.25, 0.3) is 0 Å². The van der Waals surface area contributed by atoms with Crippen molar-refractivity contribution in [1.82, 2.24) is 8.61 Å². The number of nitriles is 1. The number of hydrogen-bond acceptors (Lipinski definition) is 6. The van der Waals surface area contributed by atoms with E-state index < -0.39 is 37.3 Å². The number of benzene rings is 1. The van der Waals surface area contributed by atoms with Gasteiger partial charge in [0, 0.05) is 31.9 Å². The van der Waals surface area contributed by atoms with E-state index in [4.69, 9.17) is 5.26 Å². The van der Waals surface area contributed by atoms with E-state index >= 15 is 0 Å². The third-order valence-electron chi connectivity index (χ3n) is 4.45. The summed E-state index contributed by atoms with van der Waals surface area (Å²) in [4.78, 5) is 11.1. The number of carbonyl (C=O) groups is 1. The third-order valence-corrected chi connectivity index (χ3v) is 8.76. The van der Waals surface area contributed by atoms with Crippen LogP contribution in [0.2, 0.25) is 0 Å². The molecule has 0 saturated carbocycles. The number of hydrogen-bond donors (Lipinski definition) is 1. The maximum absolute atomic E-state index is 13.2. The lowest BCUT2D eigenvalue weighted by molar-refractivity contribution is -0.115. The van der Waals surface area contributed by atoms with Crippen molar-refractivity contribution in [3.8, 4) is 6.07 Å². The highest BCUT2D eigenvalue weighted by molar-refractivity contribution is 7.92. The van der Waals surface area contributed by atoms with Crippen molar-refractivity contribution in [2.75, 3.05) is 31.5 Å². The number of nitrogens with zero attached hydrogens (tertiary/aromatic N) is 3. The van der Waals surface area contributed by atoms with Gasteiger partial charge in [-0.25, -0.2) is 16.8 Å². The van der Waals surface area contributed by atoms with Crippen molar-refractivity contribution < 1.29 is 21.6 Å². The molecule has 1 N–H and O–H groups in total. The lowest BCUT2D eigenvalue weighted by atomic mass is 10.2. The van der Waals surface area contributed by atoms with Crippen molar-refractivity contribution in [2.24, 2.45) is 0 Å². The summed E-state index contributed by atoms with van der Waals surface area (Å²) >= 11 is 0. The van der Waals surface area contributed by atoms with Gasteiger partial charge in [-0.15, -0.1) is 0 Å². The second-order valence-corrected chi connectivity index (χ2v) is 9.99. The van der Waals surface area contributed by atoms with Crippen molar-refractivity contribution >= 4 is 31.6 Å². The molecule has 0 atom stereocenters. The monoisotopic (exact) mass is 444 g/mol. The molecule has 0 heterocycles. The van der Waals surface area contributed by atoms with Gasteiger partial charge in [-0.05, 0) is 24.6 Å². The average molecular weight is 445 g/mol. The van der Waals surface area contributed by atoms with Crippen molar-refractivity contribution in [1.29, 1.82) is 5.26 Å². The van der Waals surface area contributed by atoms with Gasteiger partial charge in [0.1, 0.15) is 16.2 Å². The molecule has 0 aliphatic rings. The van der Waals surface area contributed by atoms with Crippen LogP contribution in [0.4, 0.5) is 5.69 Å². The van der Waals surface area contributed by atoms with E-state index in [2.05, 4.69) is 5.32 Å². The first kappa shape index (κ1) is 25.0. The molecular weight excluding hydrogens is 416 g/mol. The fourth-order valence-corrected chi connectivity index (χ4v) is 6.64. The van der Waals surface area contributed by atoms with Crippen LogP contribution in [0.15, 0.2) is 21.9 Å². The van der Waals surface area contributed by atoms with E-state index in [9.17, 15) is 21.6 Å². The maximum Gasteiger partial charge on any atom is 0.244 e. The van der Waals surface area contributed by atoms with Gasteiger partial charge in [-0.3, -0.25) is 4.79 Å². The minimum absolute atomic E-state index is 0.148. The summed E-state index contributed by atoms with van der Waals surface area (Å²) in [6.45, 7) is 8.91. The lowest BCUT2D eigenvalue weighted by Gasteiger charge is -2.25. The summed E-state index contributed by atoms with van der Waals surface area (Å²) in [5.74, 6) is -0.610. The van der Waals surface area contributed by atoms with Gasteiger partial charge in [0.05, 0.1) is 6.07 Å². The van der Waals surface area contributed by atoms with E-state index in [0.29, 0.717) is 5.56 Å². The molecule has 11 heteroatoms. The summed E-state index contributed by atoms with van der Waals surface area (Å²) < 4.78 is 55.1. The summed E-state index contributed by atoms with van der Waals surface area (Å²) in [5, 5.41) is 11.2. The Morgan fingerprint density at radius 2 is 1.34 bits per heavy atom. The SMILES string of the molecule is CCN(CC)S(=O)(=O)c1cc(C)c(NC(=O)CC#N)cc1S(=O)(=O)N(CC)CC. The Morgan fingerprint density at radius 1 is 0.931 bits per heavy atom. The molecule has 0 saturated heterocycles. The lowest BCUT2D eigenvalue weighted by Crippen LogP contribution is -2.35. The Hall–Kier alpha value is -2.00. The quantitative estimate of drug-likeness (QED) is 0.587. The molecule has 162 valence electrons. The Kier molecular flexibility index (Phi) is 8.77. The average Bonchev–Trinajstić information content (AvgIpc) is 2.64. The van der Waals surface area contributed by atoms with E-state index in [0.717, 1.165) is 10.4 Å². The van der Waals surface area contributed by atoms with E-state index in [1.54, 1.807) is 40.7 Å². The Labute approximate surface area is 173 Å². The zero-order valence-corrected chi connectivity index (χ0v) is 19.0. The predicted molar refractivity (Wildman–Crippen MR) is 110 cm³/mol. The molecule has 0 spiro atoms. The molecule has 1 rings (SSSR count). The molecule has 1 amide bonds. The van der Waals surface area contributed by atoms with E-state index in [1.807, 2.05) is 0 Å². The zero-order valence-electron chi connectivity index (χ0n) is 17.4. The normalized spacial score (nSPS) is 12.2. The van der Waals surface area contributed by atoms with Gasteiger partial charge < -0.3 is 5.32 Å². The van der Waals surface area contributed by atoms with Crippen LogP contribution in [0.5, 0.6) is 0 Å². The minimum Gasteiger partial charge on any atom is -0.325 e. The van der Waals surface area contributed by atoms with Crippen LogP contribution in [0.3, 0.4) is 0 Å². The highest BCUT2D eigenvalue weighted by Crippen LogP contribution is 2.32. The second kappa shape index (κ2) is 10.2. The highest BCUT2D eigenvalue weighted by Gasteiger charge is 2.33. The summed E-state index contributed by atoms with van der Waals surface area (Å²) in [5.41, 5.74) is 0.523. The summed E-state index contributed by atoms with van der Waals surface area (Å²) in [6.07, 6.45) is -0.406. The standard InChI is InChI=1S/C18H28N4O5S2/c1-6-21(7-2)28(24,25)16-12-14(5)15(20-18(23)10-11-19)13-17(16)29(26,27)22(8-3)9-4/h12-13H,6-10H2,1-5H3,(H,20,23). The number of nitrogens with one attached hydrogen (secondary N) is 1. The number of sulfonamides is 2. The number of amides is 1. The van der Waals surface area contributed by atoms with Crippen LogP contribution < -0.4 is 5.32 Å². The number of rotatable bonds is 10. The Balaban J connectivity index is 3.84. The first-order chi connectivity index (χ1) is 13.5. The summed E-state index contributed by atoms with van der Waals surface area (Å²) in [6, 6.07) is 4.13. The predicted octanol–water partition coefficient (Wildman–Crippen LogP) is 1.91. The molecule has 0 aromatic heterocycles. The van der Waals surface area contributed by atoms with Crippen molar-refractivity contribution in [3.05, 3.63) is 17.7 Å². The minimum atomic E-state index is -4.14. The van der Waals surface area contributed by atoms with Gasteiger partial charge in [0.25, 0.3) is 0 Å². The topological polar surface area (TPSA) is 128 Å². The molecule has 0 aliphatic carbocycles. The molecule has 29 heavy (non-hydrogen) atoms. The number of aryl methyl sites for hydroxylation is 1. The fourth-order valence-electron chi connectivity index (χ4n) is 2.87. The van der Waals surface area contributed by atoms with Crippen LogP contribution in [0, 0.1) is 18.3 Å². The summed E-state index contributed by atoms with van der Waals surface area (Å²) in [7, 11) is -8.22. The molecule has 0 aliphatic heterocycles. The molecule has 0 bridgehead atoms. The third kappa shape index (κ3) is 5.33. The number of anilines is 1.